The van der Waals surface area contributed by atoms with Crippen molar-refractivity contribution in [3.05, 3.63) is 53.8 Å². The van der Waals surface area contributed by atoms with Crippen LogP contribution in [0.5, 0.6) is 5.75 Å². The van der Waals surface area contributed by atoms with E-state index in [4.69, 9.17) is 9.84 Å². The molecule has 0 aromatic heterocycles. The number of aliphatic hydroxyl groups excluding tert-OH is 1. The number of amides is 1. The number of ether oxygens (including phenoxy) is 1. The number of allylic oxidation sites excluding steroid dienone is 4. The third-order valence-electron chi connectivity index (χ3n) is 4.28. The smallest absolute Gasteiger partial charge is 0.394 e. The van der Waals surface area contributed by atoms with E-state index in [0.717, 1.165) is 5.56 Å². The molecule has 1 aromatic rings. The van der Waals surface area contributed by atoms with Gasteiger partial charge in [0.25, 0.3) is 5.91 Å². The second-order valence-corrected chi connectivity index (χ2v) is 6.57. The number of alkyl halides is 3. The first-order valence-corrected chi connectivity index (χ1v) is 9.06. The van der Waals surface area contributed by atoms with E-state index in [1.165, 1.54) is 6.08 Å². The van der Waals surface area contributed by atoms with Gasteiger partial charge in [0, 0.05) is 24.8 Å². The highest BCUT2D eigenvalue weighted by Gasteiger charge is 2.31. The Bertz CT molecular complexity index is 700. The van der Waals surface area contributed by atoms with Gasteiger partial charge in [-0.05, 0) is 37.1 Å². The number of likely N-dealkylation sites (tertiary alicyclic amines) is 1. The van der Waals surface area contributed by atoms with E-state index in [-0.39, 0.29) is 30.9 Å². The van der Waals surface area contributed by atoms with Gasteiger partial charge in [-0.1, -0.05) is 24.3 Å². The first kappa shape index (κ1) is 21.8. The molecule has 0 saturated carbocycles. The highest BCUT2D eigenvalue weighted by atomic mass is 19.4. The van der Waals surface area contributed by atoms with Crippen molar-refractivity contribution in [2.75, 3.05) is 19.7 Å². The summed E-state index contributed by atoms with van der Waals surface area (Å²) < 4.78 is 43.6. The molecule has 1 fully saturated rings. The number of aliphatic hydroxyl groups is 1. The lowest BCUT2D eigenvalue weighted by Gasteiger charge is -2.20. The number of benzene rings is 1. The van der Waals surface area contributed by atoms with Crippen LogP contribution in [0.25, 0.3) is 0 Å². The predicted octanol–water partition coefficient (Wildman–Crippen LogP) is 3.16. The summed E-state index contributed by atoms with van der Waals surface area (Å²) in [5.74, 6) is 0.298. The molecule has 0 aliphatic carbocycles. The van der Waals surface area contributed by atoms with Gasteiger partial charge >= 0.3 is 6.18 Å². The highest BCUT2D eigenvalue weighted by Crippen LogP contribution is 2.24. The van der Waals surface area contributed by atoms with Crippen LogP contribution in [-0.4, -0.2) is 47.8 Å². The summed E-state index contributed by atoms with van der Waals surface area (Å²) in [5.41, 5.74) is 0.831. The summed E-state index contributed by atoms with van der Waals surface area (Å²) >= 11 is 0. The number of nitrogens with zero attached hydrogens (tertiary/aromatic N) is 1. The number of hydrogen-bond donors (Lipinski definition) is 2. The van der Waals surface area contributed by atoms with Crippen LogP contribution in [-0.2, 0) is 11.4 Å². The standard InChI is InChI=1S/C20H25F3N2O3/c1-2-3-4-16(11-20(21,22)23)24-17-9-10-25(12-17)19(27)14-28-18-7-5-15(13-26)6-8-18/h2-8,17,24,26H,9-14H2,1H3/b3-2-,16-4+. The van der Waals surface area contributed by atoms with Gasteiger partial charge in [-0.25, -0.2) is 0 Å². The quantitative estimate of drug-likeness (QED) is 0.661. The Morgan fingerprint density at radius 2 is 2.07 bits per heavy atom. The highest BCUT2D eigenvalue weighted by molar-refractivity contribution is 5.78. The molecule has 0 bridgehead atoms. The Kier molecular flexibility index (Phi) is 7.92. The average molecular weight is 398 g/mol. The summed E-state index contributed by atoms with van der Waals surface area (Å²) in [7, 11) is 0. The van der Waals surface area contributed by atoms with Gasteiger partial charge in [-0.3, -0.25) is 4.79 Å². The fourth-order valence-corrected chi connectivity index (χ4v) is 2.88. The van der Waals surface area contributed by atoms with E-state index in [1.807, 2.05) is 0 Å². The predicted molar refractivity (Wildman–Crippen MR) is 99.5 cm³/mol. The normalized spacial score (nSPS) is 18.0. The SMILES string of the molecule is C/C=C\C=C(/CC(F)(F)F)NC1CCN(C(=O)COc2ccc(CO)cc2)C1. The van der Waals surface area contributed by atoms with Crippen molar-refractivity contribution in [1.82, 2.24) is 10.2 Å². The van der Waals surface area contributed by atoms with Crippen LogP contribution in [0.3, 0.4) is 0 Å². The van der Waals surface area contributed by atoms with Crippen LogP contribution in [0.2, 0.25) is 0 Å². The van der Waals surface area contributed by atoms with Gasteiger partial charge in [0.1, 0.15) is 5.75 Å². The van der Waals surface area contributed by atoms with Crippen LogP contribution in [0.4, 0.5) is 13.2 Å². The minimum absolute atomic E-state index is 0.0692. The Balaban J connectivity index is 1.84. The molecule has 1 unspecified atom stereocenters. The zero-order valence-corrected chi connectivity index (χ0v) is 15.7. The molecule has 28 heavy (non-hydrogen) atoms. The lowest BCUT2D eigenvalue weighted by Crippen LogP contribution is -2.37. The number of halogens is 3. The molecule has 1 amide bonds. The molecule has 2 rings (SSSR count). The lowest BCUT2D eigenvalue weighted by molar-refractivity contribution is -0.132. The molecule has 1 heterocycles. The van der Waals surface area contributed by atoms with Gasteiger partial charge in [0.05, 0.1) is 13.0 Å². The zero-order chi connectivity index (χ0) is 20.6. The third kappa shape index (κ3) is 7.26. The van der Waals surface area contributed by atoms with Gasteiger partial charge < -0.3 is 20.1 Å². The molecule has 8 heteroatoms. The van der Waals surface area contributed by atoms with Crippen molar-refractivity contribution >= 4 is 5.91 Å². The van der Waals surface area contributed by atoms with Crippen molar-refractivity contribution in [2.45, 2.75) is 38.6 Å². The lowest BCUT2D eigenvalue weighted by atomic mass is 10.2. The monoisotopic (exact) mass is 398 g/mol. The van der Waals surface area contributed by atoms with Gasteiger partial charge in [0.15, 0.2) is 6.61 Å². The fraction of sp³-hybridized carbons (Fsp3) is 0.450. The van der Waals surface area contributed by atoms with Crippen LogP contribution >= 0.6 is 0 Å². The molecule has 1 aliphatic heterocycles. The molecular formula is C20H25F3N2O3. The molecule has 0 spiro atoms. The van der Waals surface area contributed by atoms with Crippen molar-refractivity contribution in [3.8, 4) is 5.75 Å². The number of hydrogen-bond acceptors (Lipinski definition) is 4. The number of carbonyl (C=O) groups excluding carboxylic acids is 1. The number of nitrogens with one attached hydrogen (secondary N) is 1. The van der Waals surface area contributed by atoms with Crippen LogP contribution < -0.4 is 10.1 Å². The van der Waals surface area contributed by atoms with Crippen molar-refractivity contribution in [3.63, 3.8) is 0 Å². The largest absolute Gasteiger partial charge is 0.484 e. The maximum Gasteiger partial charge on any atom is 0.394 e. The van der Waals surface area contributed by atoms with Crippen molar-refractivity contribution in [2.24, 2.45) is 0 Å². The number of rotatable bonds is 8. The average Bonchev–Trinajstić information content (AvgIpc) is 3.12. The van der Waals surface area contributed by atoms with Crippen LogP contribution in [0.15, 0.2) is 48.2 Å². The van der Waals surface area contributed by atoms with E-state index < -0.39 is 12.6 Å². The Morgan fingerprint density at radius 1 is 1.36 bits per heavy atom. The summed E-state index contributed by atoms with van der Waals surface area (Å²) in [4.78, 5) is 13.9. The Labute approximate surface area is 162 Å². The third-order valence-corrected chi connectivity index (χ3v) is 4.28. The molecule has 154 valence electrons. The van der Waals surface area contributed by atoms with Crippen LogP contribution in [0, 0.1) is 0 Å². The molecule has 1 aliphatic rings. The second kappa shape index (κ2) is 10.2. The first-order chi connectivity index (χ1) is 13.3. The van der Waals surface area contributed by atoms with E-state index in [9.17, 15) is 18.0 Å². The zero-order valence-electron chi connectivity index (χ0n) is 15.7. The summed E-state index contributed by atoms with van der Waals surface area (Å²) in [6, 6.07) is 6.52. The summed E-state index contributed by atoms with van der Waals surface area (Å²) in [6.45, 7) is 2.31. The van der Waals surface area contributed by atoms with E-state index in [0.29, 0.717) is 25.3 Å². The maximum absolute atomic E-state index is 12.7. The molecule has 2 N–H and O–H groups in total. The Morgan fingerprint density at radius 3 is 2.68 bits per heavy atom. The first-order valence-electron chi connectivity index (χ1n) is 9.06. The van der Waals surface area contributed by atoms with Crippen LogP contribution in [0.1, 0.15) is 25.3 Å². The topological polar surface area (TPSA) is 61.8 Å². The van der Waals surface area contributed by atoms with Crippen molar-refractivity contribution in [1.29, 1.82) is 0 Å². The molecular weight excluding hydrogens is 373 g/mol. The van der Waals surface area contributed by atoms with Crippen molar-refractivity contribution < 1.29 is 27.8 Å². The Hall–Kier alpha value is -2.48. The minimum atomic E-state index is -4.30. The fourth-order valence-electron chi connectivity index (χ4n) is 2.88. The molecule has 1 saturated heterocycles. The minimum Gasteiger partial charge on any atom is -0.484 e. The van der Waals surface area contributed by atoms with Gasteiger partial charge in [0.2, 0.25) is 0 Å². The molecule has 1 aromatic carbocycles. The van der Waals surface area contributed by atoms with E-state index >= 15 is 0 Å². The number of carbonyl (C=O) groups is 1. The van der Waals surface area contributed by atoms with Gasteiger partial charge in [-0.2, -0.15) is 13.2 Å². The van der Waals surface area contributed by atoms with E-state index in [2.05, 4.69) is 5.32 Å². The molecule has 5 nitrogen and oxygen atoms in total. The summed E-state index contributed by atoms with van der Waals surface area (Å²) in [6.07, 6.45) is -0.128. The van der Waals surface area contributed by atoms with E-state index in [1.54, 1.807) is 48.2 Å². The van der Waals surface area contributed by atoms with Gasteiger partial charge in [-0.15, -0.1) is 0 Å². The molecule has 0 radical (unpaired) electrons. The molecule has 1 atom stereocenters. The summed E-state index contributed by atoms with van der Waals surface area (Å²) in [5, 5.41) is 11.9. The maximum atomic E-state index is 12.7. The second-order valence-electron chi connectivity index (χ2n) is 6.57.